The Kier molecular flexibility index (Phi) is 6.50. The molecule has 0 amide bonds. The molecule has 19 heavy (non-hydrogen) atoms. The summed E-state index contributed by atoms with van der Waals surface area (Å²) in [5.74, 6) is 1.94. The molecule has 106 valence electrons. The summed E-state index contributed by atoms with van der Waals surface area (Å²) in [5.41, 5.74) is 0.927. The molecule has 4 heteroatoms. The van der Waals surface area contributed by atoms with Crippen molar-refractivity contribution in [1.82, 2.24) is 15.3 Å². The molecule has 0 saturated carbocycles. The standard InChI is InChI=1S/C15H25N3O/c1-6-7-8-19-14-10-17-15(11(2)3)18-13(14)9-16-12(4)5/h6,10-12,16H,1,7-9H2,2-5H3. The van der Waals surface area contributed by atoms with Crippen molar-refractivity contribution >= 4 is 0 Å². The summed E-state index contributed by atoms with van der Waals surface area (Å²) in [4.78, 5) is 8.95. The zero-order valence-corrected chi connectivity index (χ0v) is 12.4. The number of nitrogens with one attached hydrogen (secondary N) is 1. The van der Waals surface area contributed by atoms with Crippen molar-refractivity contribution in [1.29, 1.82) is 0 Å². The predicted molar refractivity (Wildman–Crippen MR) is 78.4 cm³/mol. The lowest BCUT2D eigenvalue weighted by atomic mass is 10.2. The Morgan fingerprint density at radius 1 is 1.37 bits per heavy atom. The summed E-state index contributed by atoms with van der Waals surface area (Å²) in [6, 6.07) is 0.415. The molecule has 0 saturated heterocycles. The number of hydrogen-bond acceptors (Lipinski definition) is 4. The number of rotatable bonds is 8. The minimum Gasteiger partial charge on any atom is -0.490 e. The van der Waals surface area contributed by atoms with E-state index in [2.05, 4.69) is 49.6 Å². The van der Waals surface area contributed by atoms with E-state index in [4.69, 9.17) is 4.74 Å². The lowest BCUT2D eigenvalue weighted by Crippen LogP contribution is -2.23. The fourth-order valence-electron chi connectivity index (χ4n) is 1.50. The van der Waals surface area contributed by atoms with Crippen LogP contribution in [0.4, 0.5) is 0 Å². The highest BCUT2D eigenvalue weighted by Crippen LogP contribution is 2.18. The lowest BCUT2D eigenvalue weighted by Gasteiger charge is -2.14. The average Bonchev–Trinajstić information content (AvgIpc) is 2.37. The monoisotopic (exact) mass is 263 g/mol. The first-order chi connectivity index (χ1) is 9.04. The Morgan fingerprint density at radius 3 is 2.68 bits per heavy atom. The number of nitrogens with zero attached hydrogens (tertiary/aromatic N) is 2. The quantitative estimate of drug-likeness (QED) is 0.578. The van der Waals surface area contributed by atoms with Crippen molar-refractivity contribution in [3.05, 3.63) is 30.4 Å². The van der Waals surface area contributed by atoms with Gasteiger partial charge >= 0.3 is 0 Å². The summed E-state index contributed by atoms with van der Waals surface area (Å²) in [5, 5.41) is 3.37. The molecule has 0 bridgehead atoms. The van der Waals surface area contributed by atoms with Crippen LogP contribution in [0.3, 0.4) is 0 Å². The minimum absolute atomic E-state index is 0.319. The summed E-state index contributed by atoms with van der Waals surface area (Å²) >= 11 is 0. The molecule has 0 unspecified atom stereocenters. The zero-order chi connectivity index (χ0) is 14.3. The molecule has 1 aromatic rings. The highest BCUT2D eigenvalue weighted by Gasteiger charge is 2.11. The molecule has 0 aliphatic heterocycles. The van der Waals surface area contributed by atoms with Crippen LogP contribution in [0.5, 0.6) is 5.75 Å². The number of hydrogen-bond donors (Lipinski definition) is 1. The van der Waals surface area contributed by atoms with E-state index in [0.29, 0.717) is 25.1 Å². The highest BCUT2D eigenvalue weighted by atomic mass is 16.5. The second-order valence-electron chi connectivity index (χ2n) is 5.16. The fraction of sp³-hybridized carbons (Fsp3) is 0.600. The van der Waals surface area contributed by atoms with Gasteiger partial charge in [-0.2, -0.15) is 0 Å². The lowest BCUT2D eigenvalue weighted by molar-refractivity contribution is 0.316. The SMILES string of the molecule is C=CCCOc1cnc(C(C)C)nc1CNC(C)C. The Hall–Kier alpha value is -1.42. The van der Waals surface area contributed by atoms with Gasteiger partial charge in [-0.3, -0.25) is 0 Å². The molecule has 0 aromatic carbocycles. The minimum atomic E-state index is 0.319. The Morgan fingerprint density at radius 2 is 2.11 bits per heavy atom. The van der Waals surface area contributed by atoms with Crippen LogP contribution < -0.4 is 10.1 Å². The topological polar surface area (TPSA) is 47.0 Å². The van der Waals surface area contributed by atoms with Crippen LogP contribution in [0, 0.1) is 0 Å². The molecule has 1 rings (SSSR count). The van der Waals surface area contributed by atoms with Gasteiger partial charge in [-0.05, 0) is 6.42 Å². The third kappa shape index (κ3) is 5.39. The molecule has 1 aromatic heterocycles. The van der Waals surface area contributed by atoms with E-state index < -0.39 is 0 Å². The van der Waals surface area contributed by atoms with Crippen molar-refractivity contribution in [2.24, 2.45) is 0 Å². The Labute approximate surface area is 116 Å². The van der Waals surface area contributed by atoms with E-state index in [0.717, 1.165) is 23.7 Å². The summed E-state index contributed by atoms with van der Waals surface area (Å²) in [7, 11) is 0. The maximum absolute atomic E-state index is 5.71. The van der Waals surface area contributed by atoms with Crippen LogP contribution in [0.1, 0.15) is 51.6 Å². The van der Waals surface area contributed by atoms with E-state index in [1.807, 2.05) is 6.08 Å². The van der Waals surface area contributed by atoms with Crippen molar-refractivity contribution in [3.8, 4) is 5.75 Å². The van der Waals surface area contributed by atoms with E-state index in [1.54, 1.807) is 6.20 Å². The first kappa shape index (κ1) is 15.6. The van der Waals surface area contributed by atoms with Crippen LogP contribution >= 0.6 is 0 Å². The van der Waals surface area contributed by atoms with Crippen molar-refractivity contribution in [3.63, 3.8) is 0 Å². The van der Waals surface area contributed by atoms with Crippen LogP contribution in [0.2, 0.25) is 0 Å². The second kappa shape index (κ2) is 7.89. The van der Waals surface area contributed by atoms with Gasteiger partial charge in [0, 0.05) is 18.5 Å². The van der Waals surface area contributed by atoms with Gasteiger partial charge in [0.25, 0.3) is 0 Å². The molecular weight excluding hydrogens is 238 g/mol. The van der Waals surface area contributed by atoms with E-state index in [1.165, 1.54) is 0 Å². The molecule has 1 heterocycles. The van der Waals surface area contributed by atoms with E-state index in [-0.39, 0.29) is 0 Å². The fourth-order valence-corrected chi connectivity index (χ4v) is 1.50. The van der Waals surface area contributed by atoms with E-state index >= 15 is 0 Å². The van der Waals surface area contributed by atoms with Crippen molar-refractivity contribution in [2.75, 3.05) is 6.61 Å². The molecular formula is C15H25N3O. The first-order valence-electron chi connectivity index (χ1n) is 6.87. The van der Waals surface area contributed by atoms with Crippen LogP contribution in [-0.4, -0.2) is 22.6 Å². The van der Waals surface area contributed by atoms with Crippen LogP contribution in [-0.2, 0) is 6.54 Å². The van der Waals surface area contributed by atoms with Gasteiger partial charge in [0.1, 0.15) is 5.82 Å². The molecule has 0 aliphatic rings. The highest BCUT2D eigenvalue weighted by molar-refractivity contribution is 5.25. The van der Waals surface area contributed by atoms with Gasteiger partial charge in [-0.25, -0.2) is 9.97 Å². The largest absolute Gasteiger partial charge is 0.490 e. The number of aromatic nitrogens is 2. The summed E-state index contributed by atoms with van der Waals surface area (Å²) in [6.07, 6.45) is 4.45. The maximum atomic E-state index is 5.71. The summed E-state index contributed by atoms with van der Waals surface area (Å²) in [6.45, 7) is 13.4. The third-order valence-corrected chi connectivity index (χ3v) is 2.62. The van der Waals surface area contributed by atoms with Gasteiger partial charge in [0.2, 0.25) is 0 Å². The van der Waals surface area contributed by atoms with Crippen molar-refractivity contribution < 1.29 is 4.74 Å². The molecule has 0 atom stereocenters. The van der Waals surface area contributed by atoms with Gasteiger partial charge in [0.15, 0.2) is 5.75 Å². The molecule has 0 fully saturated rings. The van der Waals surface area contributed by atoms with Gasteiger partial charge in [0.05, 0.1) is 18.5 Å². The normalized spacial score (nSPS) is 11.1. The van der Waals surface area contributed by atoms with E-state index in [9.17, 15) is 0 Å². The second-order valence-corrected chi connectivity index (χ2v) is 5.16. The first-order valence-corrected chi connectivity index (χ1v) is 6.87. The Bertz CT molecular complexity index is 402. The molecule has 0 radical (unpaired) electrons. The molecule has 0 spiro atoms. The maximum Gasteiger partial charge on any atom is 0.160 e. The van der Waals surface area contributed by atoms with Gasteiger partial charge in [-0.1, -0.05) is 33.8 Å². The van der Waals surface area contributed by atoms with Gasteiger partial charge in [-0.15, -0.1) is 6.58 Å². The third-order valence-electron chi connectivity index (χ3n) is 2.62. The van der Waals surface area contributed by atoms with Crippen LogP contribution in [0.15, 0.2) is 18.9 Å². The average molecular weight is 263 g/mol. The van der Waals surface area contributed by atoms with Crippen LogP contribution in [0.25, 0.3) is 0 Å². The summed E-state index contributed by atoms with van der Waals surface area (Å²) < 4.78 is 5.71. The molecule has 1 N–H and O–H groups in total. The predicted octanol–water partition coefficient (Wildman–Crippen LogP) is 3.05. The smallest absolute Gasteiger partial charge is 0.160 e. The van der Waals surface area contributed by atoms with Crippen molar-refractivity contribution in [2.45, 2.75) is 52.6 Å². The number of ether oxygens (including phenoxy) is 1. The Balaban J connectivity index is 2.83. The van der Waals surface area contributed by atoms with Gasteiger partial charge < -0.3 is 10.1 Å². The zero-order valence-electron chi connectivity index (χ0n) is 12.4. The molecule has 4 nitrogen and oxygen atoms in total. The molecule has 0 aliphatic carbocycles.